The molecule has 0 radical (unpaired) electrons. The van der Waals surface area contributed by atoms with Crippen molar-refractivity contribution < 1.29 is 19.8 Å². The number of phenols is 1. The molecule has 1 aromatic carbocycles. The SMILES string of the molecule is CCN[C@@H](CC(=O)Nc1ccccc1O)C(=O)O. The number of anilines is 1. The van der Waals surface area contributed by atoms with Crippen molar-refractivity contribution in [3.05, 3.63) is 24.3 Å². The number of para-hydroxylation sites is 2. The number of hydrogen-bond acceptors (Lipinski definition) is 4. The quantitative estimate of drug-likeness (QED) is 0.561. The molecule has 6 nitrogen and oxygen atoms in total. The number of aromatic hydroxyl groups is 1. The summed E-state index contributed by atoms with van der Waals surface area (Å²) in [6.07, 6.45) is -0.197. The number of rotatable bonds is 6. The van der Waals surface area contributed by atoms with Gasteiger partial charge in [-0.3, -0.25) is 9.59 Å². The van der Waals surface area contributed by atoms with E-state index in [1.807, 2.05) is 0 Å². The van der Waals surface area contributed by atoms with Crippen molar-refractivity contribution in [3.63, 3.8) is 0 Å². The van der Waals surface area contributed by atoms with Gasteiger partial charge in [0.1, 0.15) is 11.8 Å². The molecule has 0 aliphatic rings. The highest BCUT2D eigenvalue weighted by molar-refractivity contribution is 5.95. The van der Waals surface area contributed by atoms with Gasteiger partial charge in [-0.05, 0) is 18.7 Å². The number of carbonyl (C=O) groups is 2. The molecule has 0 fully saturated rings. The van der Waals surface area contributed by atoms with Crippen LogP contribution in [-0.4, -0.2) is 34.7 Å². The second kappa shape index (κ2) is 6.61. The Bertz CT molecular complexity index is 434. The minimum atomic E-state index is -1.08. The van der Waals surface area contributed by atoms with Crippen LogP contribution in [0.3, 0.4) is 0 Å². The molecule has 0 aromatic heterocycles. The van der Waals surface area contributed by atoms with Crippen molar-refractivity contribution in [2.45, 2.75) is 19.4 Å². The Hall–Kier alpha value is -2.08. The van der Waals surface area contributed by atoms with E-state index in [2.05, 4.69) is 10.6 Å². The second-order valence-electron chi connectivity index (χ2n) is 3.72. The van der Waals surface area contributed by atoms with Crippen molar-refractivity contribution in [1.29, 1.82) is 0 Å². The molecule has 0 aliphatic carbocycles. The van der Waals surface area contributed by atoms with Gasteiger partial charge < -0.3 is 20.8 Å². The smallest absolute Gasteiger partial charge is 0.321 e. The predicted octanol–water partition coefficient (Wildman–Crippen LogP) is 0.783. The summed E-state index contributed by atoms with van der Waals surface area (Å²) in [5, 5.41) is 23.5. The Labute approximate surface area is 105 Å². The molecule has 0 saturated carbocycles. The zero-order chi connectivity index (χ0) is 13.5. The fourth-order valence-electron chi connectivity index (χ4n) is 1.46. The van der Waals surface area contributed by atoms with Crippen LogP contribution in [0.1, 0.15) is 13.3 Å². The minimum absolute atomic E-state index is 0.0545. The summed E-state index contributed by atoms with van der Waals surface area (Å²) in [6, 6.07) is 5.34. The summed E-state index contributed by atoms with van der Waals surface area (Å²) in [4.78, 5) is 22.5. The molecule has 4 N–H and O–H groups in total. The monoisotopic (exact) mass is 252 g/mol. The van der Waals surface area contributed by atoms with Crippen LogP contribution in [0, 0.1) is 0 Å². The van der Waals surface area contributed by atoms with E-state index in [1.165, 1.54) is 12.1 Å². The van der Waals surface area contributed by atoms with Crippen LogP contribution in [-0.2, 0) is 9.59 Å². The predicted molar refractivity (Wildman–Crippen MR) is 66.5 cm³/mol. The first kappa shape index (κ1) is 14.0. The summed E-state index contributed by atoms with van der Waals surface area (Å²) in [7, 11) is 0. The summed E-state index contributed by atoms with van der Waals surface area (Å²) >= 11 is 0. The zero-order valence-corrected chi connectivity index (χ0v) is 10.0. The van der Waals surface area contributed by atoms with E-state index in [-0.39, 0.29) is 17.9 Å². The number of carboxylic acid groups (broad SMARTS) is 1. The molecule has 0 aliphatic heterocycles. The molecule has 1 amide bonds. The molecule has 1 aromatic rings. The summed E-state index contributed by atoms with van der Waals surface area (Å²) in [5.41, 5.74) is 0.267. The molecule has 98 valence electrons. The molecule has 0 bridgehead atoms. The van der Waals surface area contributed by atoms with E-state index < -0.39 is 17.9 Å². The topological polar surface area (TPSA) is 98.7 Å². The largest absolute Gasteiger partial charge is 0.506 e. The molecule has 18 heavy (non-hydrogen) atoms. The van der Waals surface area contributed by atoms with E-state index in [0.717, 1.165) is 0 Å². The van der Waals surface area contributed by atoms with Gasteiger partial charge in [-0.2, -0.15) is 0 Å². The van der Waals surface area contributed by atoms with Gasteiger partial charge in [-0.25, -0.2) is 0 Å². The van der Waals surface area contributed by atoms with E-state index in [4.69, 9.17) is 5.11 Å². The second-order valence-corrected chi connectivity index (χ2v) is 3.72. The Morgan fingerprint density at radius 2 is 2.00 bits per heavy atom. The van der Waals surface area contributed by atoms with Gasteiger partial charge in [0, 0.05) is 0 Å². The van der Waals surface area contributed by atoms with Gasteiger partial charge in [0.25, 0.3) is 0 Å². The van der Waals surface area contributed by atoms with Crippen LogP contribution >= 0.6 is 0 Å². The number of hydrogen-bond donors (Lipinski definition) is 4. The van der Waals surface area contributed by atoms with Crippen molar-refractivity contribution in [1.82, 2.24) is 5.32 Å². The molecule has 0 heterocycles. The minimum Gasteiger partial charge on any atom is -0.506 e. The van der Waals surface area contributed by atoms with Crippen LogP contribution in [0.5, 0.6) is 5.75 Å². The third-order valence-corrected chi connectivity index (χ3v) is 2.32. The van der Waals surface area contributed by atoms with Gasteiger partial charge in [-0.15, -0.1) is 0 Å². The lowest BCUT2D eigenvalue weighted by atomic mass is 10.2. The molecule has 1 atom stereocenters. The van der Waals surface area contributed by atoms with Gasteiger partial charge >= 0.3 is 5.97 Å². The average molecular weight is 252 g/mol. The average Bonchev–Trinajstić information content (AvgIpc) is 2.31. The Morgan fingerprint density at radius 3 is 2.56 bits per heavy atom. The summed E-state index contributed by atoms with van der Waals surface area (Å²) in [6.45, 7) is 2.22. The fraction of sp³-hybridized carbons (Fsp3) is 0.333. The van der Waals surface area contributed by atoms with Crippen LogP contribution in [0.2, 0.25) is 0 Å². The van der Waals surface area contributed by atoms with E-state index in [0.29, 0.717) is 6.54 Å². The van der Waals surface area contributed by atoms with Gasteiger partial charge in [-0.1, -0.05) is 19.1 Å². The number of amides is 1. The number of carbonyl (C=O) groups excluding carboxylic acids is 1. The van der Waals surface area contributed by atoms with Crippen molar-refractivity contribution in [2.24, 2.45) is 0 Å². The van der Waals surface area contributed by atoms with Gasteiger partial charge in [0.05, 0.1) is 12.1 Å². The lowest BCUT2D eigenvalue weighted by Crippen LogP contribution is -2.39. The number of aliphatic carboxylic acids is 1. The Balaban J connectivity index is 2.61. The maximum Gasteiger partial charge on any atom is 0.321 e. The molecule has 6 heteroatoms. The maximum atomic E-state index is 11.6. The van der Waals surface area contributed by atoms with E-state index in [9.17, 15) is 14.7 Å². The van der Waals surface area contributed by atoms with Crippen LogP contribution in [0.15, 0.2) is 24.3 Å². The van der Waals surface area contributed by atoms with Crippen molar-refractivity contribution >= 4 is 17.6 Å². The Morgan fingerprint density at radius 1 is 1.33 bits per heavy atom. The van der Waals surface area contributed by atoms with Crippen LogP contribution in [0.4, 0.5) is 5.69 Å². The molecular formula is C12H16N2O4. The normalized spacial score (nSPS) is 11.8. The number of benzene rings is 1. The van der Waals surface area contributed by atoms with E-state index >= 15 is 0 Å². The van der Waals surface area contributed by atoms with Crippen LogP contribution in [0.25, 0.3) is 0 Å². The first-order valence-corrected chi connectivity index (χ1v) is 5.58. The zero-order valence-electron chi connectivity index (χ0n) is 10.0. The third-order valence-electron chi connectivity index (χ3n) is 2.32. The lowest BCUT2D eigenvalue weighted by molar-refractivity contribution is -0.141. The highest BCUT2D eigenvalue weighted by Gasteiger charge is 2.20. The summed E-state index contributed by atoms with van der Waals surface area (Å²) in [5.74, 6) is -1.60. The Kier molecular flexibility index (Phi) is 5.13. The number of phenolic OH excluding ortho intramolecular Hbond substituents is 1. The highest BCUT2D eigenvalue weighted by atomic mass is 16.4. The van der Waals surface area contributed by atoms with Crippen molar-refractivity contribution in [3.8, 4) is 5.75 Å². The first-order chi connectivity index (χ1) is 8.54. The van der Waals surface area contributed by atoms with Gasteiger partial charge in [0.2, 0.25) is 5.91 Å². The standard InChI is InChI=1S/C12H16N2O4/c1-2-13-9(12(17)18)7-11(16)14-8-5-3-4-6-10(8)15/h3-6,9,13,15H,2,7H2,1H3,(H,14,16)(H,17,18)/t9-/m0/s1. The fourth-order valence-corrected chi connectivity index (χ4v) is 1.46. The molecule has 0 unspecified atom stereocenters. The first-order valence-electron chi connectivity index (χ1n) is 5.58. The van der Waals surface area contributed by atoms with E-state index in [1.54, 1.807) is 19.1 Å². The highest BCUT2D eigenvalue weighted by Crippen LogP contribution is 2.21. The molecule has 0 saturated heterocycles. The molecular weight excluding hydrogens is 236 g/mol. The van der Waals surface area contributed by atoms with Crippen LogP contribution < -0.4 is 10.6 Å². The molecule has 1 rings (SSSR count). The maximum absolute atomic E-state index is 11.6. The molecule has 0 spiro atoms. The number of carboxylic acids is 1. The number of likely N-dealkylation sites (N-methyl/N-ethyl adjacent to an activating group) is 1. The third kappa shape index (κ3) is 4.06. The number of nitrogens with one attached hydrogen (secondary N) is 2. The van der Waals surface area contributed by atoms with Gasteiger partial charge in [0.15, 0.2) is 0 Å². The van der Waals surface area contributed by atoms with Crippen molar-refractivity contribution in [2.75, 3.05) is 11.9 Å². The summed E-state index contributed by atoms with van der Waals surface area (Å²) < 4.78 is 0. The lowest BCUT2D eigenvalue weighted by Gasteiger charge is -2.13.